The third-order valence-corrected chi connectivity index (χ3v) is 7.81. The van der Waals surface area contributed by atoms with Crippen molar-refractivity contribution in [3.63, 3.8) is 0 Å². The number of nitrogens with two attached hydrogens (primary N) is 1. The summed E-state index contributed by atoms with van der Waals surface area (Å²) >= 11 is 0. The summed E-state index contributed by atoms with van der Waals surface area (Å²) < 4.78 is 59.0. The Morgan fingerprint density at radius 3 is 2.43 bits per heavy atom. The number of ether oxygens (including phenoxy) is 1. The van der Waals surface area contributed by atoms with Crippen LogP contribution in [0.1, 0.15) is 28.8 Å². The molecule has 4 N–H and O–H groups in total. The lowest BCUT2D eigenvalue weighted by atomic mass is 9.96. The molecule has 3 heterocycles. The second kappa shape index (κ2) is 13.6. The maximum atomic E-state index is 13.3. The molecule has 0 saturated carbocycles. The highest BCUT2D eigenvalue weighted by Crippen LogP contribution is 2.44. The molecule has 1 fully saturated rings. The Bertz CT molecular complexity index is 1920. The topological polar surface area (TPSA) is 115 Å². The SMILES string of the molecule is C=C(F)C(=O)Nc1ccc(-c2c(-c3ccc(C(=O)NCC(F)(F)F)c(OC)c3)c3c(N)ncc(C#CCN4CCCC4)c3n2C)cc1. The number of pyridine rings is 1. The van der Waals surface area contributed by atoms with Crippen molar-refractivity contribution in [2.45, 2.75) is 19.0 Å². The molecule has 9 nitrogen and oxygen atoms in total. The van der Waals surface area contributed by atoms with Crippen LogP contribution in [0.3, 0.4) is 0 Å². The van der Waals surface area contributed by atoms with Gasteiger partial charge in [-0.15, -0.1) is 0 Å². The average molecular weight is 649 g/mol. The van der Waals surface area contributed by atoms with Gasteiger partial charge in [0.1, 0.15) is 18.1 Å². The van der Waals surface area contributed by atoms with Crippen LogP contribution in [0.4, 0.5) is 29.1 Å². The van der Waals surface area contributed by atoms with Gasteiger partial charge in [-0.1, -0.05) is 36.6 Å². The number of carbonyl (C=O) groups excluding carboxylic acids is 2. The molecule has 2 aromatic heterocycles. The van der Waals surface area contributed by atoms with Gasteiger partial charge >= 0.3 is 6.18 Å². The van der Waals surface area contributed by atoms with Crippen molar-refractivity contribution in [1.82, 2.24) is 19.8 Å². The van der Waals surface area contributed by atoms with E-state index in [1.165, 1.54) is 13.2 Å². The van der Waals surface area contributed by atoms with E-state index in [1.54, 1.807) is 42.6 Å². The van der Waals surface area contributed by atoms with Crippen LogP contribution in [0, 0.1) is 11.8 Å². The molecular formula is C34H32F4N6O3. The van der Waals surface area contributed by atoms with E-state index >= 15 is 0 Å². The molecule has 0 atom stereocenters. The molecule has 47 heavy (non-hydrogen) atoms. The molecule has 13 heteroatoms. The first-order valence-electron chi connectivity index (χ1n) is 14.7. The van der Waals surface area contributed by atoms with E-state index in [2.05, 4.69) is 33.6 Å². The molecule has 0 radical (unpaired) electrons. The number of alkyl halides is 3. The highest BCUT2D eigenvalue weighted by molar-refractivity contribution is 6.11. The van der Waals surface area contributed by atoms with Gasteiger partial charge in [-0.05, 0) is 61.3 Å². The van der Waals surface area contributed by atoms with Crippen molar-refractivity contribution in [1.29, 1.82) is 0 Å². The third kappa shape index (κ3) is 7.23. The second-order valence-corrected chi connectivity index (χ2v) is 11.0. The molecule has 0 unspecified atom stereocenters. The first-order chi connectivity index (χ1) is 22.4. The summed E-state index contributed by atoms with van der Waals surface area (Å²) in [5, 5.41) is 4.86. The summed E-state index contributed by atoms with van der Waals surface area (Å²) in [4.78, 5) is 31.2. The molecule has 1 aliphatic heterocycles. The monoisotopic (exact) mass is 648 g/mol. The van der Waals surface area contributed by atoms with Gasteiger partial charge in [0.2, 0.25) is 0 Å². The van der Waals surface area contributed by atoms with Crippen LogP contribution in [0.2, 0.25) is 0 Å². The van der Waals surface area contributed by atoms with Crippen molar-refractivity contribution < 1.29 is 31.9 Å². The fraction of sp³-hybridized carbons (Fsp3) is 0.265. The summed E-state index contributed by atoms with van der Waals surface area (Å²) in [6.45, 7) is 4.10. The summed E-state index contributed by atoms with van der Waals surface area (Å²) in [6, 6.07) is 11.2. The van der Waals surface area contributed by atoms with Gasteiger partial charge in [-0.2, -0.15) is 13.2 Å². The van der Waals surface area contributed by atoms with Crippen LogP contribution in [-0.2, 0) is 11.8 Å². The number of halogens is 4. The summed E-state index contributed by atoms with van der Waals surface area (Å²) in [5.41, 5.74) is 10.6. The Kier molecular flexibility index (Phi) is 9.53. The molecule has 2 aromatic carbocycles. The average Bonchev–Trinajstić information content (AvgIpc) is 3.67. The van der Waals surface area contributed by atoms with Crippen LogP contribution in [0.5, 0.6) is 5.75 Å². The Labute approximate surface area is 268 Å². The molecule has 244 valence electrons. The van der Waals surface area contributed by atoms with Crippen LogP contribution >= 0.6 is 0 Å². The lowest BCUT2D eigenvalue weighted by Crippen LogP contribution is -2.33. The molecule has 1 aliphatic rings. The van der Waals surface area contributed by atoms with Gasteiger partial charge in [-0.25, -0.2) is 9.37 Å². The third-order valence-electron chi connectivity index (χ3n) is 7.81. The summed E-state index contributed by atoms with van der Waals surface area (Å²) in [7, 11) is 3.15. The number of rotatable bonds is 8. The lowest BCUT2D eigenvalue weighted by Gasteiger charge is -2.14. The van der Waals surface area contributed by atoms with E-state index in [9.17, 15) is 27.2 Å². The fourth-order valence-electron chi connectivity index (χ4n) is 5.63. The highest BCUT2D eigenvalue weighted by atomic mass is 19.4. The Morgan fingerprint density at radius 2 is 1.79 bits per heavy atom. The number of nitrogen functional groups attached to an aromatic ring is 1. The summed E-state index contributed by atoms with van der Waals surface area (Å²) in [6.07, 6.45) is -0.702. The number of amides is 2. The molecular weight excluding hydrogens is 616 g/mol. The Hall–Kier alpha value is -5.35. The predicted octanol–water partition coefficient (Wildman–Crippen LogP) is 5.66. The number of carbonyl (C=O) groups is 2. The zero-order valence-corrected chi connectivity index (χ0v) is 25.7. The number of aromatic nitrogens is 2. The number of nitrogens with zero attached hydrogens (tertiary/aromatic N) is 3. The molecule has 0 bridgehead atoms. The van der Waals surface area contributed by atoms with Crippen molar-refractivity contribution >= 4 is 34.2 Å². The van der Waals surface area contributed by atoms with Gasteiger partial charge in [0.15, 0.2) is 5.83 Å². The number of nitrogens with one attached hydrogen (secondary N) is 2. The zero-order chi connectivity index (χ0) is 33.9. The molecule has 1 saturated heterocycles. The van der Waals surface area contributed by atoms with E-state index in [-0.39, 0.29) is 17.1 Å². The summed E-state index contributed by atoms with van der Waals surface area (Å²) in [5.74, 6) is 3.70. The Balaban J connectivity index is 1.67. The van der Waals surface area contributed by atoms with E-state index in [1.807, 2.05) is 16.9 Å². The van der Waals surface area contributed by atoms with Gasteiger partial charge in [0, 0.05) is 24.5 Å². The van der Waals surface area contributed by atoms with Crippen molar-refractivity contribution in [2.75, 3.05) is 44.3 Å². The maximum Gasteiger partial charge on any atom is 0.405 e. The zero-order valence-electron chi connectivity index (χ0n) is 25.7. The largest absolute Gasteiger partial charge is 0.496 e. The van der Waals surface area contributed by atoms with Crippen LogP contribution in [-0.4, -0.2) is 65.7 Å². The smallest absolute Gasteiger partial charge is 0.405 e. The number of aryl methyl sites for hydroxylation is 1. The molecule has 5 rings (SSSR count). The van der Waals surface area contributed by atoms with Gasteiger partial charge in [-0.3, -0.25) is 14.5 Å². The van der Waals surface area contributed by atoms with Crippen LogP contribution in [0.15, 0.2) is 61.1 Å². The van der Waals surface area contributed by atoms with Crippen molar-refractivity contribution in [3.8, 4) is 40.0 Å². The molecule has 2 amide bonds. The maximum absolute atomic E-state index is 13.3. The van der Waals surface area contributed by atoms with Crippen LogP contribution in [0.25, 0.3) is 33.3 Å². The van der Waals surface area contributed by atoms with Crippen molar-refractivity contribution in [3.05, 3.63) is 72.2 Å². The normalized spacial score (nSPS) is 13.2. The lowest BCUT2D eigenvalue weighted by molar-refractivity contribution is -0.123. The predicted molar refractivity (Wildman–Crippen MR) is 172 cm³/mol. The number of fused-ring (bicyclic) bond motifs is 1. The van der Waals surface area contributed by atoms with E-state index in [0.29, 0.717) is 51.1 Å². The molecule has 0 aliphatic carbocycles. The first-order valence-corrected chi connectivity index (χ1v) is 14.7. The number of benzene rings is 2. The number of methoxy groups -OCH3 is 1. The van der Waals surface area contributed by atoms with E-state index in [0.717, 1.165) is 25.9 Å². The van der Waals surface area contributed by atoms with Crippen LogP contribution < -0.4 is 21.1 Å². The van der Waals surface area contributed by atoms with E-state index in [4.69, 9.17) is 10.5 Å². The highest BCUT2D eigenvalue weighted by Gasteiger charge is 2.29. The number of hydrogen-bond donors (Lipinski definition) is 3. The molecule has 0 spiro atoms. The number of hydrogen-bond acceptors (Lipinski definition) is 6. The molecule has 4 aromatic rings. The van der Waals surface area contributed by atoms with Gasteiger partial charge < -0.3 is 25.7 Å². The quantitative estimate of drug-likeness (QED) is 0.129. The number of anilines is 2. The standard InChI is InChI=1S/C34H32F4N6O3/c1-20(35)32(45)42-24-11-8-21(9-12-24)29-27(22-10-13-25(26(17-22)47-3)33(46)41-19-34(36,37)38)28-30(43(29)2)23(18-40-31(28)39)7-6-16-44-14-4-5-15-44/h8-13,17-18H,1,4-5,14-16,19H2,2-3H3,(H2,39,40)(H,41,46)(H,42,45). The van der Waals surface area contributed by atoms with E-state index < -0.39 is 30.4 Å². The fourth-order valence-corrected chi connectivity index (χ4v) is 5.63. The number of likely N-dealkylation sites (tertiary alicyclic amines) is 1. The minimum Gasteiger partial charge on any atom is -0.496 e. The van der Waals surface area contributed by atoms with Gasteiger partial charge in [0.05, 0.1) is 41.4 Å². The Morgan fingerprint density at radius 1 is 1.11 bits per heavy atom. The van der Waals surface area contributed by atoms with Crippen molar-refractivity contribution in [2.24, 2.45) is 7.05 Å². The minimum atomic E-state index is -4.58. The minimum absolute atomic E-state index is 0.0442. The van der Waals surface area contributed by atoms with Gasteiger partial charge in [0.25, 0.3) is 11.8 Å². The second-order valence-electron chi connectivity index (χ2n) is 11.0. The first kappa shape index (κ1) is 33.0.